The van der Waals surface area contributed by atoms with Gasteiger partial charge in [-0.15, -0.1) is 0 Å². The fourth-order valence-corrected chi connectivity index (χ4v) is 5.40. The van der Waals surface area contributed by atoms with E-state index in [4.69, 9.17) is 4.74 Å². The van der Waals surface area contributed by atoms with E-state index in [2.05, 4.69) is 10.3 Å². The number of carbonyl (C=O) groups is 2. The second-order valence-corrected chi connectivity index (χ2v) is 9.89. The maximum atomic E-state index is 13.9. The van der Waals surface area contributed by atoms with Gasteiger partial charge in [0.05, 0.1) is 17.0 Å². The number of fused-ring (bicyclic) bond motifs is 2. The molecule has 3 N–H and O–H groups in total. The minimum atomic E-state index is -0.655. The smallest absolute Gasteiger partial charge is 0.308 e. The van der Waals surface area contributed by atoms with Gasteiger partial charge in [-0.05, 0) is 54.3 Å². The summed E-state index contributed by atoms with van der Waals surface area (Å²) in [5.74, 6) is -0.858. The van der Waals surface area contributed by atoms with Gasteiger partial charge in [0.15, 0.2) is 0 Å². The fourth-order valence-electron chi connectivity index (χ4n) is 5.40. The maximum absolute atomic E-state index is 13.9. The molecule has 0 spiro atoms. The lowest BCUT2D eigenvalue weighted by molar-refractivity contribution is -0.131. The van der Waals surface area contributed by atoms with E-state index in [-0.39, 0.29) is 22.8 Å². The van der Waals surface area contributed by atoms with Crippen molar-refractivity contribution in [3.05, 3.63) is 106 Å². The zero-order valence-electron chi connectivity index (χ0n) is 22.7. The molecule has 0 bridgehead atoms. The zero-order valence-corrected chi connectivity index (χ0v) is 22.7. The Balaban J connectivity index is 1.75. The van der Waals surface area contributed by atoms with E-state index in [1.165, 1.54) is 13.8 Å². The molecule has 0 saturated heterocycles. The molecule has 2 aromatic heterocycles. The highest BCUT2D eigenvalue weighted by molar-refractivity contribution is 5.88. The van der Waals surface area contributed by atoms with Gasteiger partial charge in [0, 0.05) is 49.4 Å². The largest absolute Gasteiger partial charge is 0.507 e. The first-order chi connectivity index (χ1) is 19.3. The lowest BCUT2D eigenvalue weighted by atomic mass is 9.85. The number of H-pyrrole nitrogens is 1. The summed E-state index contributed by atoms with van der Waals surface area (Å²) >= 11 is 0. The molecular weight excluding hydrogens is 506 g/mol. The second kappa shape index (κ2) is 11.1. The van der Waals surface area contributed by atoms with Crippen molar-refractivity contribution < 1.29 is 19.4 Å². The molecule has 40 heavy (non-hydrogen) atoms. The molecule has 3 aromatic carbocycles. The minimum absolute atomic E-state index is 0.0735. The van der Waals surface area contributed by atoms with Crippen molar-refractivity contribution >= 4 is 33.7 Å². The van der Waals surface area contributed by atoms with Crippen LogP contribution in [0, 0.1) is 0 Å². The van der Waals surface area contributed by atoms with E-state index in [1.807, 2.05) is 48.5 Å². The molecule has 5 rings (SSSR count). The van der Waals surface area contributed by atoms with E-state index >= 15 is 0 Å². The second-order valence-electron chi connectivity index (χ2n) is 9.89. The SMILES string of the molecule is CC(=O)NCCCc1c(C(c2ccc(OC(C)=O)cc2)c2c(O)c3ccccc3n(C)c2=O)[nH]c2ccccc12. The molecule has 1 amide bonds. The third kappa shape index (κ3) is 5.08. The molecule has 5 aromatic rings. The molecule has 0 saturated carbocycles. The van der Waals surface area contributed by atoms with Crippen LogP contribution in [0.4, 0.5) is 0 Å². The fraction of sp³-hybridized carbons (Fsp3) is 0.219. The number of amides is 1. The number of ether oxygens (including phenoxy) is 1. The van der Waals surface area contributed by atoms with Crippen LogP contribution in [-0.2, 0) is 23.1 Å². The Hall–Kier alpha value is -4.85. The summed E-state index contributed by atoms with van der Waals surface area (Å²) in [5.41, 5.74) is 4.00. The van der Waals surface area contributed by atoms with Crippen molar-refractivity contribution in [1.29, 1.82) is 0 Å². The van der Waals surface area contributed by atoms with E-state index in [9.17, 15) is 19.5 Å². The number of carbonyl (C=O) groups excluding carboxylic acids is 2. The Morgan fingerprint density at radius 1 is 0.975 bits per heavy atom. The number of hydrogen-bond acceptors (Lipinski definition) is 5. The van der Waals surface area contributed by atoms with Gasteiger partial charge in [-0.3, -0.25) is 14.4 Å². The Morgan fingerprint density at radius 2 is 1.65 bits per heavy atom. The summed E-state index contributed by atoms with van der Waals surface area (Å²) in [4.78, 5) is 40.5. The molecule has 1 atom stereocenters. The highest BCUT2D eigenvalue weighted by atomic mass is 16.5. The molecule has 8 nitrogen and oxygen atoms in total. The van der Waals surface area contributed by atoms with Gasteiger partial charge in [-0.1, -0.05) is 42.5 Å². The van der Waals surface area contributed by atoms with Crippen LogP contribution in [0.3, 0.4) is 0 Å². The van der Waals surface area contributed by atoms with E-state index in [1.54, 1.807) is 35.9 Å². The number of aromatic nitrogens is 2. The van der Waals surface area contributed by atoms with E-state index in [0.29, 0.717) is 36.0 Å². The predicted molar refractivity (Wildman–Crippen MR) is 155 cm³/mol. The van der Waals surface area contributed by atoms with Gasteiger partial charge < -0.3 is 24.7 Å². The quantitative estimate of drug-likeness (QED) is 0.148. The van der Waals surface area contributed by atoms with Crippen molar-refractivity contribution in [2.24, 2.45) is 7.05 Å². The number of benzene rings is 3. The topological polar surface area (TPSA) is 113 Å². The summed E-state index contributed by atoms with van der Waals surface area (Å²) in [7, 11) is 1.70. The molecule has 0 aliphatic heterocycles. The van der Waals surface area contributed by atoms with Crippen molar-refractivity contribution in [3.63, 3.8) is 0 Å². The first kappa shape index (κ1) is 26.7. The van der Waals surface area contributed by atoms with Crippen molar-refractivity contribution in [2.75, 3.05) is 6.54 Å². The van der Waals surface area contributed by atoms with Crippen molar-refractivity contribution in [1.82, 2.24) is 14.9 Å². The number of pyridine rings is 1. The molecule has 0 aliphatic carbocycles. The average Bonchev–Trinajstić information content (AvgIpc) is 3.30. The third-order valence-corrected chi connectivity index (χ3v) is 7.19. The number of para-hydroxylation sites is 2. The number of hydrogen-bond donors (Lipinski definition) is 3. The lowest BCUT2D eigenvalue weighted by Crippen LogP contribution is -2.25. The van der Waals surface area contributed by atoms with Crippen LogP contribution < -0.4 is 15.6 Å². The molecule has 0 aliphatic rings. The summed E-state index contributed by atoms with van der Waals surface area (Å²) in [6.07, 6.45) is 1.32. The van der Waals surface area contributed by atoms with Gasteiger partial charge in [0.25, 0.3) is 5.56 Å². The molecule has 2 heterocycles. The van der Waals surface area contributed by atoms with Gasteiger partial charge in [-0.2, -0.15) is 0 Å². The molecule has 204 valence electrons. The van der Waals surface area contributed by atoms with Gasteiger partial charge in [0.2, 0.25) is 5.91 Å². The Morgan fingerprint density at radius 3 is 2.35 bits per heavy atom. The van der Waals surface area contributed by atoms with E-state index < -0.39 is 11.9 Å². The number of rotatable bonds is 8. The Labute approximate surface area is 231 Å². The molecule has 8 heteroatoms. The van der Waals surface area contributed by atoms with Crippen molar-refractivity contribution in [2.45, 2.75) is 32.6 Å². The van der Waals surface area contributed by atoms with Crippen LogP contribution in [0.2, 0.25) is 0 Å². The molecular formula is C32H31N3O5. The van der Waals surface area contributed by atoms with Crippen LogP contribution in [0.1, 0.15) is 48.6 Å². The summed E-state index contributed by atoms with van der Waals surface area (Å²) < 4.78 is 6.80. The molecule has 0 radical (unpaired) electrons. The standard InChI is InChI=1S/C32H31N3O5/c1-19(36)33-18-8-11-24-23-9-4-6-12-26(23)34-30(24)28(21-14-16-22(17-15-21)40-20(2)37)29-31(38)25-10-5-7-13-27(25)35(3)32(29)39/h4-7,9-10,12-17,28,34,38H,8,11,18H2,1-3H3,(H,33,36). The lowest BCUT2D eigenvalue weighted by Gasteiger charge is -2.22. The minimum Gasteiger partial charge on any atom is -0.507 e. The normalized spacial score (nSPS) is 12.0. The highest BCUT2D eigenvalue weighted by Gasteiger charge is 2.30. The highest BCUT2D eigenvalue weighted by Crippen LogP contribution is 2.41. The number of esters is 1. The monoisotopic (exact) mass is 537 g/mol. The van der Waals surface area contributed by atoms with Crippen LogP contribution in [0.15, 0.2) is 77.6 Å². The third-order valence-electron chi connectivity index (χ3n) is 7.19. The number of nitrogens with zero attached hydrogens (tertiary/aromatic N) is 1. The van der Waals surface area contributed by atoms with Crippen LogP contribution >= 0.6 is 0 Å². The first-order valence-electron chi connectivity index (χ1n) is 13.2. The number of nitrogens with one attached hydrogen (secondary N) is 2. The first-order valence-corrected chi connectivity index (χ1v) is 13.2. The number of aryl methyl sites for hydroxylation is 2. The van der Waals surface area contributed by atoms with Crippen LogP contribution in [0.5, 0.6) is 11.5 Å². The molecule has 1 unspecified atom stereocenters. The van der Waals surface area contributed by atoms with E-state index in [0.717, 1.165) is 27.7 Å². The van der Waals surface area contributed by atoms with Crippen molar-refractivity contribution in [3.8, 4) is 11.5 Å². The van der Waals surface area contributed by atoms with Gasteiger partial charge in [-0.25, -0.2) is 0 Å². The number of aromatic hydroxyl groups is 1. The average molecular weight is 538 g/mol. The number of aromatic amines is 1. The van der Waals surface area contributed by atoms with Crippen LogP contribution in [0.25, 0.3) is 21.8 Å². The maximum Gasteiger partial charge on any atom is 0.308 e. The predicted octanol–water partition coefficient (Wildman–Crippen LogP) is 4.90. The van der Waals surface area contributed by atoms with Gasteiger partial charge >= 0.3 is 5.97 Å². The van der Waals surface area contributed by atoms with Crippen LogP contribution in [-0.4, -0.2) is 33.1 Å². The Bertz CT molecular complexity index is 1780. The summed E-state index contributed by atoms with van der Waals surface area (Å²) in [6, 6.07) is 22.2. The Kier molecular flexibility index (Phi) is 7.42. The zero-order chi connectivity index (χ0) is 28.4. The summed E-state index contributed by atoms with van der Waals surface area (Å²) in [6.45, 7) is 3.34. The summed E-state index contributed by atoms with van der Waals surface area (Å²) in [5, 5.41) is 16.1. The molecule has 0 fully saturated rings. The van der Waals surface area contributed by atoms with Gasteiger partial charge in [0.1, 0.15) is 11.5 Å².